The Bertz CT molecular complexity index is 490. The normalized spacial score (nSPS) is 27.6. The van der Waals surface area contributed by atoms with Crippen molar-refractivity contribution in [2.45, 2.75) is 51.0 Å². The van der Waals surface area contributed by atoms with E-state index >= 15 is 0 Å². The minimum atomic E-state index is -4.42. The van der Waals surface area contributed by atoms with Crippen LogP contribution in [0, 0.1) is 5.92 Å². The van der Waals surface area contributed by atoms with E-state index < -0.39 is 12.0 Å². The predicted molar refractivity (Wildman–Crippen MR) is 70.2 cm³/mol. The van der Waals surface area contributed by atoms with Gasteiger partial charge in [-0.2, -0.15) is 13.2 Å². The molecule has 1 aliphatic carbocycles. The first kappa shape index (κ1) is 14.8. The Morgan fingerprint density at radius 3 is 2.43 bits per heavy atom. The number of nitrogens with two attached hydrogens (primary N) is 1. The number of rotatable bonds is 2. The minimum absolute atomic E-state index is 0.313. The lowest BCUT2D eigenvalue weighted by Crippen LogP contribution is -2.44. The molecule has 118 valence electrons. The maximum atomic E-state index is 12.8. The molecule has 1 aliphatic heterocycles. The van der Waals surface area contributed by atoms with Gasteiger partial charge in [0.15, 0.2) is 0 Å². The van der Waals surface area contributed by atoms with Gasteiger partial charge in [-0.25, -0.2) is 0 Å². The second-order valence-corrected chi connectivity index (χ2v) is 5.97. The predicted octanol–water partition coefficient (Wildman–Crippen LogP) is 1.63. The van der Waals surface area contributed by atoms with E-state index in [4.69, 9.17) is 5.73 Å². The van der Waals surface area contributed by atoms with E-state index in [9.17, 15) is 13.2 Å². The molecule has 0 saturated heterocycles. The highest BCUT2D eigenvalue weighted by Crippen LogP contribution is 2.32. The van der Waals surface area contributed by atoms with Crippen LogP contribution in [-0.4, -0.2) is 38.8 Å². The van der Waals surface area contributed by atoms with Crippen LogP contribution < -0.4 is 5.73 Å². The van der Waals surface area contributed by atoms with Crippen LogP contribution in [0.15, 0.2) is 0 Å². The largest absolute Gasteiger partial charge is 0.451 e. The fraction of sp³-hybridized carbons (Fsp3) is 0.846. The second kappa shape index (κ2) is 5.57. The summed E-state index contributed by atoms with van der Waals surface area (Å²) in [7, 11) is 0. The van der Waals surface area contributed by atoms with E-state index in [0.717, 1.165) is 32.2 Å². The van der Waals surface area contributed by atoms with Gasteiger partial charge in [-0.3, -0.25) is 4.90 Å². The molecule has 8 heteroatoms. The molecule has 0 amide bonds. The third kappa shape index (κ3) is 2.91. The molecule has 1 aromatic heterocycles. The van der Waals surface area contributed by atoms with Gasteiger partial charge >= 0.3 is 6.18 Å². The van der Waals surface area contributed by atoms with Gasteiger partial charge in [0.05, 0.1) is 6.54 Å². The smallest absolute Gasteiger partial charge is 0.330 e. The summed E-state index contributed by atoms with van der Waals surface area (Å²) in [5, 5.41) is 7.05. The Morgan fingerprint density at radius 2 is 1.81 bits per heavy atom. The van der Waals surface area contributed by atoms with Crippen LogP contribution in [0.2, 0.25) is 0 Å². The van der Waals surface area contributed by atoms with Gasteiger partial charge in [-0.05, 0) is 38.1 Å². The van der Waals surface area contributed by atoms with Crippen molar-refractivity contribution in [2.24, 2.45) is 11.7 Å². The van der Waals surface area contributed by atoms with Crippen LogP contribution in [0.1, 0.15) is 37.3 Å². The maximum absolute atomic E-state index is 12.8. The highest BCUT2D eigenvalue weighted by atomic mass is 19.4. The zero-order valence-corrected chi connectivity index (χ0v) is 11.8. The molecular formula is C13H20F3N5. The summed E-state index contributed by atoms with van der Waals surface area (Å²) in [6.07, 6.45) is -0.0623. The third-order valence-electron chi connectivity index (χ3n) is 4.70. The van der Waals surface area contributed by atoms with Crippen molar-refractivity contribution in [1.82, 2.24) is 19.7 Å². The number of fused-ring (bicyclic) bond motifs is 1. The lowest BCUT2D eigenvalue weighted by Gasteiger charge is -2.38. The molecule has 0 bridgehead atoms. The average Bonchev–Trinajstić information content (AvgIpc) is 2.90. The fourth-order valence-electron chi connectivity index (χ4n) is 3.44. The molecule has 1 fully saturated rings. The number of hydrogen-bond acceptors (Lipinski definition) is 4. The van der Waals surface area contributed by atoms with Gasteiger partial charge in [-0.15, -0.1) is 10.2 Å². The monoisotopic (exact) mass is 303 g/mol. The van der Waals surface area contributed by atoms with Gasteiger partial charge in [-0.1, -0.05) is 0 Å². The van der Waals surface area contributed by atoms with E-state index in [1.54, 1.807) is 0 Å². The van der Waals surface area contributed by atoms with Crippen molar-refractivity contribution in [3.63, 3.8) is 0 Å². The Labute approximate surface area is 121 Å². The van der Waals surface area contributed by atoms with Crippen molar-refractivity contribution < 1.29 is 13.2 Å². The Hall–Kier alpha value is -1.15. The SMILES string of the molecule is NCC1CCC(N2CCn3c(nnc3C(F)(F)F)C2)CC1. The molecule has 2 aliphatic rings. The summed E-state index contributed by atoms with van der Waals surface area (Å²) in [6.45, 7) is 2.14. The summed E-state index contributed by atoms with van der Waals surface area (Å²) in [5.41, 5.74) is 5.69. The van der Waals surface area contributed by atoms with E-state index in [0.29, 0.717) is 37.4 Å². The summed E-state index contributed by atoms with van der Waals surface area (Å²) in [5.74, 6) is 0.157. The molecule has 5 nitrogen and oxygen atoms in total. The molecule has 0 spiro atoms. The molecule has 3 rings (SSSR count). The lowest BCUT2D eigenvalue weighted by atomic mass is 9.85. The molecule has 1 aromatic rings. The highest BCUT2D eigenvalue weighted by Gasteiger charge is 2.40. The average molecular weight is 303 g/mol. The van der Waals surface area contributed by atoms with E-state index in [1.165, 1.54) is 4.57 Å². The second-order valence-electron chi connectivity index (χ2n) is 5.97. The Balaban J connectivity index is 1.67. The summed E-state index contributed by atoms with van der Waals surface area (Å²) in [6, 6.07) is 0.438. The van der Waals surface area contributed by atoms with Crippen LogP contribution in [0.3, 0.4) is 0 Å². The van der Waals surface area contributed by atoms with Crippen molar-refractivity contribution in [3.05, 3.63) is 11.6 Å². The molecule has 0 unspecified atom stereocenters. The highest BCUT2D eigenvalue weighted by molar-refractivity contribution is 5.03. The topological polar surface area (TPSA) is 60.0 Å². The van der Waals surface area contributed by atoms with E-state index in [1.807, 2.05) is 0 Å². The van der Waals surface area contributed by atoms with Crippen molar-refractivity contribution >= 4 is 0 Å². The minimum Gasteiger partial charge on any atom is -0.330 e. The van der Waals surface area contributed by atoms with Crippen molar-refractivity contribution in [1.29, 1.82) is 0 Å². The molecule has 21 heavy (non-hydrogen) atoms. The lowest BCUT2D eigenvalue weighted by molar-refractivity contribution is -0.148. The fourth-order valence-corrected chi connectivity index (χ4v) is 3.44. The summed E-state index contributed by atoms with van der Waals surface area (Å²) in [4.78, 5) is 2.25. The quantitative estimate of drug-likeness (QED) is 0.902. The van der Waals surface area contributed by atoms with E-state index in [2.05, 4.69) is 15.1 Å². The first-order valence-electron chi connectivity index (χ1n) is 7.42. The van der Waals surface area contributed by atoms with Gasteiger partial charge in [0, 0.05) is 19.1 Å². The third-order valence-corrected chi connectivity index (χ3v) is 4.70. The summed E-state index contributed by atoms with van der Waals surface area (Å²) < 4.78 is 39.6. The van der Waals surface area contributed by atoms with E-state index in [-0.39, 0.29) is 0 Å². The zero-order chi connectivity index (χ0) is 15.0. The number of hydrogen-bond donors (Lipinski definition) is 1. The molecule has 2 N–H and O–H groups in total. The number of nitrogens with zero attached hydrogens (tertiary/aromatic N) is 4. The van der Waals surface area contributed by atoms with Gasteiger partial charge in [0.25, 0.3) is 0 Å². The van der Waals surface area contributed by atoms with Crippen LogP contribution in [0.25, 0.3) is 0 Å². The van der Waals surface area contributed by atoms with Crippen LogP contribution in [0.4, 0.5) is 13.2 Å². The van der Waals surface area contributed by atoms with Crippen LogP contribution in [0.5, 0.6) is 0 Å². The van der Waals surface area contributed by atoms with Gasteiger partial charge in [0.2, 0.25) is 5.82 Å². The number of halogens is 3. The first-order chi connectivity index (χ1) is 9.99. The van der Waals surface area contributed by atoms with Crippen LogP contribution >= 0.6 is 0 Å². The van der Waals surface area contributed by atoms with Gasteiger partial charge in [0.1, 0.15) is 5.82 Å². The van der Waals surface area contributed by atoms with Gasteiger partial charge < -0.3 is 10.3 Å². The maximum Gasteiger partial charge on any atom is 0.451 e. The molecule has 0 aromatic carbocycles. The molecular weight excluding hydrogens is 283 g/mol. The standard InChI is InChI=1S/C13H20F3N5/c14-13(15,16)12-19-18-11-8-20(5-6-21(11)12)10-3-1-9(7-17)2-4-10/h9-10H,1-8,17H2. The summed E-state index contributed by atoms with van der Waals surface area (Å²) >= 11 is 0. The Kier molecular flexibility index (Phi) is 3.92. The number of alkyl halides is 3. The zero-order valence-electron chi connectivity index (χ0n) is 11.8. The Morgan fingerprint density at radius 1 is 1.10 bits per heavy atom. The molecule has 2 heterocycles. The first-order valence-corrected chi connectivity index (χ1v) is 7.42. The van der Waals surface area contributed by atoms with Crippen LogP contribution in [-0.2, 0) is 19.3 Å². The molecule has 0 atom stereocenters. The van der Waals surface area contributed by atoms with Crippen molar-refractivity contribution in [2.75, 3.05) is 13.1 Å². The van der Waals surface area contributed by atoms with Crippen molar-refractivity contribution in [3.8, 4) is 0 Å². The molecule has 1 saturated carbocycles. The molecule has 0 radical (unpaired) electrons. The number of aromatic nitrogens is 3.